The van der Waals surface area contributed by atoms with Crippen LogP contribution in [0.3, 0.4) is 0 Å². The summed E-state index contributed by atoms with van der Waals surface area (Å²) in [6, 6.07) is 2.57. The van der Waals surface area contributed by atoms with Crippen molar-refractivity contribution in [3.8, 4) is 0 Å². The number of ether oxygens (including phenoxy) is 1. The Kier molecular flexibility index (Phi) is 4.98. The summed E-state index contributed by atoms with van der Waals surface area (Å²) in [5.41, 5.74) is 4.41. The molecule has 3 nitrogen and oxygen atoms in total. The minimum absolute atomic E-state index is 0.377. The highest BCUT2D eigenvalue weighted by Gasteiger charge is 2.32. The first-order valence-electron chi connectivity index (χ1n) is 6.44. The van der Waals surface area contributed by atoms with Crippen LogP contribution < -0.4 is 11.3 Å². The monoisotopic (exact) mass is 254 g/mol. The fourth-order valence-corrected chi connectivity index (χ4v) is 3.43. The zero-order valence-corrected chi connectivity index (χ0v) is 11.2. The van der Waals surface area contributed by atoms with Gasteiger partial charge in [-0.05, 0) is 48.1 Å². The maximum absolute atomic E-state index is 5.74. The zero-order chi connectivity index (χ0) is 12.1. The molecule has 1 aliphatic heterocycles. The number of rotatable bonds is 6. The molecule has 0 aliphatic carbocycles. The molecule has 1 aromatic heterocycles. The molecular weight excluding hydrogens is 232 g/mol. The summed E-state index contributed by atoms with van der Waals surface area (Å²) in [6.07, 6.45) is 4.81. The maximum Gasteiger partial charge on any atom is 0.0616 e. The third-order valence-electron chi connectivity index (χ3n) is 3.72. The predicted molar refractivity (Wildman–Crippen MR) is 71.9 cm³/mol. The first-order chi connectivity index (χ1) is 8.35. The van der Waals surface area contributed by atoms with Gasteiger partial charge in [0.15, 0.2) is 0 Å². The summed E-state index contributed by atoms with van der Waals surface area (Å²) in [6.45, 7) is 3.08. The van der Waals surface area contributed by atoms with E-state index >= 15 is 0 Å². The largest absolute Gasteiger partial charge is 0.378 e. The van der Waals surface area contributed by atoms with Crippen LogP contribution in [-0.4, -0.2) is 18.8 Å². The fraction of sp³-hybridized carbons (Fsp3) is 0.692. The van der Waals surface area contributed by atoms with E-state index in [2.05, 4.69) is 29.2 Å². The lowest BCUT2D eigenvalue weighted by Gasteiger charge is -2.26. The van der Waals surface area contributed by atoms with Crippen molar-refractivity contribution in [1.29, 1.82) is 0 Å². The van der Waals surface area contributed by atoms with Crippen molar-refractivity contribution in [2.75, 3.05) is 6.61 Å². The Morgan fingerprint density at radius 1 is 1.65 bits per heavy atom. The van der Waals surface area contributed by atoms with Gasteiger partial charge < -0.3 is 4.74 Å². The highest BCUT2D eigenvalue weighted by atomic mass is 32.1. The summed E-state index contributed by atoms with van der Waals surface area (Å²) in [5, 5.41) is 4.35. The van der Waals surface area contributed by atoms with Crippen molar-refractivity contribution in [2.24, 2.45) is 11.8 Å². The highest BCUT2D eigenvalue weighted by Crippen LogP contribution is 2.28. The van der Waals surface area contributed by atoms with E-state index in [0.717, 1.165) is 32.3 Å². The van der Waals surface area contributed by atoms with Gasteiger partial charge in [0.2, 0.25) is 0 Å². The lowest BCUT2D eigenvalue weighted by molar-refractivity contribution is 0.0765. The van der Waals surface area contributed by atoms with Crippen molar-refractivity contribution < 1.29 is 4.74 Å². The molecule has 3 unspecified atom stereocenters. The quantitative estimate of drug-likeness (QED) is 0.605. The van der Waals surface area contributed by atoms with Crippen LogP contribution in [0.2, 0.25) is 0 Å². The second kappa shape index (κ2) is 6.50. The molecule has 3 atom stereocenters. The Labute approximate surface area is 107 Å². The molecule has 2 heterocycles. The molecule has 1 saturated heterocycles. The number of nitrogens with one attached hydrogen (secondary N) is 1. The molecule has 0 bridgehead atoms. The van der Waals surface area contributed by atoms with Crippen LogP contribution in [0.25, 0.3) is 0 Å². The Hall–Kier alpha value is -0.420. The molecule has 0 radical (unpaired) electrons. The SMILES string of the molecule is CCC1OCCC1C(CCc1ccsc1)NN. The Morgan fingerprint density at radius 2 is 2.53 bits per heavy atom. The van der Waals surface area contributed by atoms with E-state index in [0.29, 0.717) is 18.1 Å². The van der Waals surface area contributed by atoms with E-state index in [1.54, 1.807) is 11.3 Å². The van der Waals surface area contributed by atoms with E-state index in [1.165, 1.54) is 5.56 Å². The highest BCUT2D eigenvalue weighted by molar-refractivity contribution is 7.07. The van der Waals surface area contributed by atoms with Crippen LogP contribution in [0.5, 0.6) is 0 Å². The molecule has 3 N–H and O–H groups in total. The topological polar surface area (TPSA) is 47.3 Å². The minimum Gasteiger partial charge on any atom is -0.378 e. The van der Waals surface area contributed by atoms with Crippen LogP contribution >= 0.6 is 11.3 Å². The van der Waals surface area contributed by atoms with Gasteiger partial charge >= 0.3 is 0 Å². The third-order valence-corrected chi connectivity index (χ3v) is 4.45. The van der Waals surface area contributed by atoms with Crippen molar-refractivity contribution in [3.05, 3.63) is 22.4 Å². The second-order valence-electron chi connectivity index (χ2n) is 4.71. The molecule has 4 heteroatoms. The minimum atomic E-state index is 0.377. The predicted octanol–water partition coefficient (Wildman–Crippen LogP) is 2.33. The smallest absolute Gasteiger partial charge is 0.0616 e. The molecule has 0 amide bonds. The molecule has 96 valence electrons. The van der Waals surface area contributed by atoms with Crippen molar-refractivity contribution in [1.82, 2.24) is 5.43 Å². The zero-order valence-electron chi connectivity index (χ0n) is 10.4. The average molecular weight is 254 g/mol. The lowest BCUT2D eigenvalue weighted by Crippen LogP contribution is -2.44. The van der Waals surface area contributed by atoms with Gasteiger partial charge in [-0.3, -0.25) is 11.3 Å². The fourth-order valence-electron chi connectivity index (χ4n) is 2.72. The summed E-state index contributed by atoms with van der Waals surface area (Å²) in [4.78, 5) is 0. The molecule has 0 spiro atoms. The number of aryl methyl sites for hydroxylation is 1. The molecule has 0 aromatic carbocycles. The molecule has 1 fully saturated rings. The van der Waals surface area contributed by atoms with Crippen LogP contribution in [0.4, 0.5) is 0 Å². The number of hydrogen-bond acceptors (Lipinski definition) is 4. The van der Waals surface area contributed by atoms with Crippen LogP contribution in [-0.2, 0) is 11.2 Å². The van der Waals surface area contributed by atoms with E-state index in [-0.39, 0.29) is 0 Å². The van der Waals surface area contributed by atoms with Gasteiger partial charge in [-0.1, -0.05) is 6.92 Å². The van der Waals surface area contributed by atoms with Gasteiger partial charge in [0.1, 0.15) is 0 Å². The van der Waals surface area contributed by atoms with Gasteiger partial charge in [0.25, 0.3) is 0 Å². The van der Waals surface area contributed by atoms with Gasteiger partial charge in [0, 0.05) is 18.6 Å². The summed E-state index contributed by atoms with van der Waals surface area (Å²) >= 11 is 1.76. The van der Waals surface area contributed by atoms with Gasteiger partial charge in [-0.2, -0.15) is 11.3 Å². The molecule has 0 saturated carbocycles. The standard InChI is InChI=1S/C13H22N2OS/c1-2-13-11(5-7-16-13)12(15-14)4-3-10-6-8-17-9-10/h6,8-9,11-13,15H,2-5,7,14H2,1H3. The Bertz CT molecular complexity index is 315. The first-order valence-corrected chi connectivity index (χ1v) is 7.38. The molecular formula is C13H22N2OS. The number of nitrogens with two attached hydrogens (primary N) is 1. The van der Waals surface area contributed by atoms with E-state index < -0.39 is 0 Å². The van der Waals surface area contributed by atoms with Crippen molar-refractivity contribution >= 4 is 11.3 Å². The average Bonchev–Trinajstić information content (AvgIpc) is 3.00. The normalized spacial score (nSPS) is 26.2. The van der Waals surface area contributed by atoms with E-state index in [9.17, 15) is 0 Å². The van der Waals surface area contributed by atoms with Crippen molar-refractivity contribution in [2.45, 2.75) is 44.8 Å². The number of hydrogen-bond donors (Lipinski definition) is 2. The summed E-state index contributed by atoms with van der Waals surface area (Å²) in [7, 11) is 0. The molecule has 1 aromatic rings. The Morgan fingerprint density at radius 3 is 3.18 bits per heavy atom. The Balaban J connectivity index is 1.87. The molecule has 2 rings (SSSR count). The van der Waals surface area contributed by atoms with Crippen molar-refractivity contribution in [3.63, 3.8) is 0 Å². The van der Waals surface area contributed by atoms with Crippen LogP contribution in [0.1, 0.15) is 31.7 Å². The van der Waals surface area contributed by atoms with Gasteiger partial charge in [-0.15, -0.1) is 0 Å². The number of thiophene rings is 1. The van der Waals surface area contributed by atoms with E-state index in [1.807, 2.05) is 0 Å². The van der Waals surface area contributed by atoms with E-state index in [4.69, 9.17) is 10.6 Å². The van der Waals surface area contributed by atoms with Crippen LogP contribution in [0, 0.1) is 5.92 Å². The van der Waals surface area contributed by atoms with Crippen LogP contribution in [0.15, 0.2) is 16.8 Å². The molecule has 17 heavy (non-hydrogen) atoms. The third kappa shape index (κ3) is 3.28. The number of hydrazine groups is 1. The summed E-state index contributed by atoms with van der Waals surface area (Å²) in [5.74, 6) is 6.28. The van der Waals surface area contributed by atoms with Gasteiger partial charge in [0.05, 0.1) is 6.10 Å². The van der Waals surface area contributed by atoms with Gasteiger partial charge in [-0.25, -0.2) is 0 Å². The molecule has 1 aliphatic rings. The summed E-state index contributed by atoms with van der Waals surface area (Å²) < 4.78 is 5.74. The first kappa shape index (κ1) is 13.0. The maximum atomic E-state index is 5.74. The second-order valence-corrected chi connectivity index (χ2v) is 5.49. The lowest BCUT2D eigenvalue weighted by atomic mass is 9.88.